The number of aromatic carboxylic acids is 1. The summed E-state index contributed by atoms with van der Waals surface area (Å²) in [6, 6.07) is 3.32. The molecule has 1 fully saturated rings. The lowest BCUT2D eigenvalue weighted by Crippen LogP contribution is -2.27. The molecule has 0 spiro atoms. The molecule has 1 amide bonds. The van der Waals surface area contributed by atoms with Gasteiger partial charge in [-0.15, -0.1) is 0 Å². The molecule has 96 valence electrons. The second-order valence-corrected chi connectivity index (χ2v) is 5.30. The van der Waals surface area contributed by atoms with E-state index in [1.54, 1.807) is 17.0 Å². The van der Waals surface area contributed by atoms with Gasteiger partial charge in [0.25, 0.3) is 0 Å². The number of hydrogen-bond acceptors (Lipinski definition) is 3. The summed E-state index contributed by atoms with van der Waals surface area (Å²) in [4.78, 5) is 24.7. The highest BCUT2D eigenvalue weighted by atomic mass is 32.1. The molecule has 1 atom stereocenters. The lowest BCUT2D eigenvalue weighted by Gasteiger charge is -2.22. The lowest BCUT2D eigenvalue weighted by atomic mass is 10.0. The van der Waals surface area contributed by atoms with Gasteiger partial charge < -0.3 is 10.0 Å². The average molecular weight is 265 g/mol. The Labute approximate surface area is 111 Å². The first-order valence-electron chi connectivity index (χ1n) is 5.73. The van der Waals surface area contributed by atoms with Gasteiger partial charge in [-0.25, -0.2) is 4.79 Å². The van der Waals surface area contributed by atoms with Crippen molar-refractivity contribution in [2.45, 2.75) is 25.5 Å². The van der Waals surface area contributed by atoms with E-state index in [2.05, 4.69) is 12.6 Å². The molecular formula is C13H15NO3S. The molecule has 1 N–H and O–H groups in total. The lowest BCUT2D eigenvalue weighted by molar-refractivity contribution is -0.117. The third-order valence-corrected chi connectivity index (χ3v) is 3.65. The normalized spacial score (nSPS) is 19.4. The summed E-state index contributed by atoms with van der Waals surface area (Å²) in [6.07, 6.45) is 0.357. The Kier molecular flexibility index (Phi) is 3.34. The summed E-state index contributed by atoms with van der Waals surface area (Å²) >= 11 is 4.30. The molecule has 0 aromatic heterocycles. The minimum atomic E-state index is -1.01. The molecule has 1 saturated heterocycles. The number of hydrogen-bond donors (Lipinski definition) is 2. The number of carboxylic acid groups (broad SMARTS) is 1. The van der Waals surface area contributed by atoms with Gasteiger partial charge in [-0.1, -0.05) is 6.07 Å². The molecule has 1 aromatic carbocycles. The van der Waals surface area contributed by atoms with Crippen molar-refractivity contribution in [1.82, 2.24) is 0 Å². The summed E-state index contributed by atoms with van der Waals surface area (Å²) in [5, 5.41) is 9.21. The summed E-state index contributed by atoms with van der Waals surface area (Å²) in [5.74, 6) is -1.07. The van der Waals surface area contributed by atoms with Crippen LogP contribution in [0.15, 0.2) is 12.1 Å². The molecule has 18 heavy (non-hydrogen) atoms. The highest BCUT2D eigenvalue weighted by Crippen LogP contribution is 2.32. The number of carbonyl (C=O) groups excluding carboxylic acids is 1. The second-order valence-electron chi connectivity index (χ2n) is 4.57. The van der Waals surface area contributed by atoms with Crippen LogP contribution in [0.4, 0.5) is 5.69 Å². The zero-order valence-corrected chi connectivity index (χ0v) is 11.2. The number of anilines is 1. The molecule has 1 aliphatic heterocycles. The van der Waals surface area contributed by atoms with Crippen molar-refractivity contribution in [2.75, 3.05) is 11.4 Å². The quantitative estimate of drug-likeness (QED) is 0.804. The average Bonchev–Trinajstić information content (AvgIpc) is 2.61. The summed E-state index contributed by atoms with van der Waals surface area (Å²) < 4.78 is 0. The zero-order chi connectivity index (χ0) is 13.4. The Morgan fingerprint density at radius 1 is 1.44 bits per heavy atom. The van der Waals surface area contributed by atoms with E-state index in [-0.39, 0.29) is 16.7 Å². The number of benzene rings is 1. The molecule has 0 aliphatic carbocycles. The molecule has 0 bridgehead atoms. The molecule has 0 radical (unpaired) electrons. The van der Waals surface area contributed by atoms with E-state index in [1.165, 1.54) is 0 Å². The molecule has 1 aromatic rings. The molecule has 0 saturated carbocycles. The Morgan fingerprint density at radius 2 is 2.11 bits per heavy atom. The number of carboxylic acids is 1. The Balaban J connectivity index is 2.58. The van der Waals surface area contributed by atoms with Crippen LogP contribution in [0.25, 0.3) is 0 Å². The highest BCUT2D eigenvalue weighted by Gasteiger charge is 2.32. The number of thiol groups is 1. The first-order valence-corrected chi connectivity index (χ1v) is 6.25. The maximum absolute atomic E-state index is 11.9. The first kappa shape index (κ1) is 13.0. The molecule has 2 rings (SSSR count). The number of amides is 1. The predicted octanol–water partition coefficient (Wildman–Crippen LogP) is 2.04. The van der Waals surface area contributed by atoms with Crippen molar-refractivity contribution in [3.05, 3.63) is 28.8 Å². The van der Waals surface area contributed by atoms with Gasteiger partial charge in [-0.05, 0) is 31.0 Å². The van der Waals surface area contributed by atoms with Crippen LogP contribution in [0.1, 0.15) is 27.9 Å². The SMILES string of the molecule is Cc1ccc(C(=O)O)c(N2CC(S)CC2=O)c1C. The summed E-state index contributed by atoms with van der Waals surface area (Å²) in [7, 11) is 0. The van der Waals surface area contributed by atoms with Crippen molar-refractivity contribution in [3.8, 4) is 0 Å². The standard InChI is InChI=1S/C13H15NO3S/c1-7-3-4-10(13(16)17)12(8(7)2)14-6-9(18)5-11(14)15/h3-4,9,18H,5-6H2,1-2H3,(H,16,17). The minimum absolute atomic E-state index is 0.0287. The van der Waals surface area contributed by atoms with E-state index in [9.17, 15) is 14.7 Å². The molecule has 5 heteroatoms. The van der Waals surface area contributed by atoms with Crippen LogP contribution in [-0.2, 0) is 4.79 Å². The molecule has 1 aliphatic rings. The third kappa shape index (κ3) is 2.10. The summed E-state index contributed by atoms with van der Waals surface area (Å²) in [5.41, 5.74) is 2.51. The van der Waals surface area contributed by atoms with Gasteiger partial charge in [0.2, 0.25) is 5.91 Å². The van der Waals surface area contributed by atoms with Gasteiger partial charge in [-0.2, -0.15) is 12.6 Å². The van der Waals surface area contributed by atoms with Crippen LogP contribution in [0.5, 0.6) is 0 Å². The van der Waals surface area contributed by atoms with Gasteiger partial charge in [0.15, 0.2) is 0 Å². The molecular weight excluding hydrogens is 250 g/mol. The Bertz CT molecular complexity index is 527. The zero-order valence-electron chi connectivity index (χ0n) is 10.3. The Hall–Kier alpha value is -1.49. The van der Waals surface area contributed by atoms with Crippen LogP contribution >= 0.6 is 12.6 Å². The highest BCUT2D eigenvalue weighted by molar-refractivity contribution is 7.81. The number of aryl methyl sites for hydroxylation is 1. The van der Waals surface area contributed by atoms with Crippen LogP contribution < -0.4 is 4.90 Å². The smallest absolute Gasteiger partial charge is 0.337 e. The topological polar surface area (TPSA) is 57.6 Å². The van der Waals surface area contributed by atoms with E-state index in [1.807, 2.05) is 13.8 Å². The van der Waals surface area contributed by atoms with Gasteiger partial charge in [0.1, 0.15) is 0 Å². The minimum Gasteiger partial charge on any atom is -0.478 e. The largest absolute Gasteiger partial charge is 0.478 e. The number of nitrogens with zero attached hydrogens (tertiary/aromatic N) is 1. The first-order chi connectivity index (χ1) is 8.41. The van der Waals surface area contributed by atoms with Crippen molar-refractivity contribution < 1.29 is 14.7 Å². The number of rotatable bonds is 2. The monoisotopic (exact) mass is 265 g/mol. The van der Waals surface area contributed by atoms with E-state index in [0.717, 1.165) is 11.1 Å². The Morgan fingerprint density at radius 3 is 2.61 bits per heavy atom. The van der Waals surface area contributed by atoms with E-state index >= 15 is 0 Å². The van der Waals surface area contributed by atoms with Gasteiger partial charge in [-0.3, -0.25) is 4.79 Å². The van der Waals surface area contributed by atoms with Crippen molar-refractivity contribution in [3.63, 3.8) is 0 Å². The summed E-state index contributed by atoms with van der Waals surface area (Å²) in [6.45, 7) is 4.21. The van der Waals surface area contributed by atoms with Crippen LogP contribution in [0.2, 0.25) is 0 Å². The van der Waals surface area contributed by atoms with Crippen molar-refractivity contribution in [1.29, 1.82) is 0 Å². The van der Waals surface area contributed by atoms with Gasteiger partial charge in [0, 0.05) is 18.2 Å². The van der Waals surface area contributed by atoms with Crippen molar-refractivity contribution in [2.24, 2.45) is 0 Å². The molecule has 4 nitrogen and oxygen atoms in total. The van der Waals surface area contributed by atoms with Crippen LogP contribution in [0.3, 0.4) is 0 Å². The maximum atomic E-state index is 11.9. The number of carbonyl (C=O) groups is 2. The van der Waals surface area contributed by atoms with Crippen LogP contribution in [0, 0.1) is 13.8 Å². The van der Waals surface area contributed by atoms with Gasteiger partial charge in [0.05, 0.1) is 11.3 Å². The van der Waals surface area contributed by atoms with E-state index in [4.69, 9.17) is 0 Å². The van der Waals surface area contributed by atoms with E-state index < -0.39 is 5.97 Å². The predicted molar refractivity (Wildman–Crippen MR) is 72.6 cm³/mol. The fourth-order valence-corrected chi connectivity index (χ4v) is 2.55. The molecule has 1 heterocycles. The fraction of sp³-hybridized carbons (Fsp3) is 0.385. The van der Waals surface area contributed by atoms with Gasteiger partial charge >= 0.3 is 5.97 Å². The van der Waals surface area contributed by atoms with Crippen LogP contribution in [-0.4, -0.2) is 28.8 Å². The fourth-order valence-electron chi connectivity index (χ4n) is 2.23. The van der Waals surface area contributed by atoms with E-state index in [0.29, 0.717) is 18.7 Å². The maximum Gasteiger partial charge on any atom is 0.337 e. The molecule has 1 unspecified atom stereocenters. The van der Waals surface area contributed by atoms with Crippen molar-refractivity contribution >= 4 is 30.2 Å². The second kappa shape index (κ2) is 4.65. The third-order valence-electron chi connectivity index (χ3n) is 3.31.